The smallest absolute Gasteiger partial charge is 0.211 e. The Morgan fingerprint density at radius 3 is 3.11 bits per heavy atom. The highest BCUT2D eigenvalue weighted by Gasteiger charge is 2.28. The molecule has 106 valence electrons. The summed E-state index contributed by atoms with van der Waals surface area (Å²) in [6, 6.07) is 0. The van der Waals surface area contributed by atoms with E-state index in [4.69, 9.17) is 16.3 Å². The number of ketones is 1. The number of hydrogen-bond donors (Lipinski definition) is 0. The van der Waals surface area contributed by atoms with Crippen molar-refractivity contribution in [2.24, 2.45) is 0 Å². The van der Waals surface area contributed by atoms with Gasteiger partial charge in [-0.25, -0.2) is 0 Å². The molecule has 1 fully saturated rings. The molecule has 1 aromatic rings. The summed E-state index contributed by atoms with van der Waals surface area (Å²) < 4.78 is 7.19. The van der Waals surface area contributed by atoms with Gasteiger partial charge in [0.2, 0.25) is 5.78 Å². The van der Waals surface area contributed by atoms with Crippen molar-refractivity contribution < 1.29 is 9.53 Å². The van der Waals surface area contributed by atoms with E-state index in [0.29, 0.717) is 29.6 Å². The second-order valence-corrected chi connectivity index (χ2v) is 6.22. The Hall–Kier alpha value is -0.560. The Labute approximate surface area is 122 Å². The van der Waals surface area contributed by atoms with Crippen LogP contribution >= 0.6 is 23.4 Å². The van der Waals surface area contributed by atoms with Gasteiger partial charge in [0.05, 0.1) is 24.4 Å². The third-order valence-corrected chi connectivity index (χ3v) is 4.17. The second kappa shape index (κ2) is 6.74. The van der Waals surface area contributed by atoms with Crippen LogP contribution in [0.4, 0.5) is 0 Å². The van der Waals surface area contributed by atoms with Crippen LogP contribution in [0.2, 0.25) is 5.02 Å². The minimum absolute atomic E-state index is 0.0616. The summed E-state index contributed by atoms with van der Waals surface area (Å²) in [5.74, 6) is 1.57. The van der Waals surface area contributed by atoms with E-state index in [2.05, 4.69) is 5.10 Å². The number of hydrogen-bond acceptors (Lipinski definition) is 5. The summed E-state index contributed by atoms with van der Waals surface area (Å²) in [7, 11) is 3.96. The molecule has 2 rings (SSSR count). The van der Waals surface area contributed by atoms with Gasteiger partial charge in [-0.15, -0.1) is 0 Å². The largest absolute Gasteiger partial charge is 0.368 e. The van der Waals surface area contributed by atoms with Crippen molar-refractivity contribution >= 4 is 29.1 Å². The average molecular weight is 304 g/mol. The molecule has 19 heavy (non-hydrogen) atoms. The zero-order valence-electron chi connectivity index (χ0n) is 11.1. The van der Waals surface area contributed by atoms with Crippen LogP contribution in [0.3, 0.4) is 0 Å². The van der Waals surface area contributed by atoms with Gasteiger partial charge < -0.3 is 9.64 Å². The first kappa shape index (κ1) is 14.8. The van der Waals surface area contributed by atoms with E-state index in [1.165, 1.54) is 6.20 Å². The van der Waals surface area contributed by atoms with Gasteiger partial charge in [0.25, 0.3) is 0 Å². The van der Waals surface area contributed by atoms with Gasteiger partial charge >= 0.3 is 0 Å². The van der Waals surface area contributed by atoms with Crippen LogP contribution in [-0.4, -0.2) is 65.3 Å². The molecule has 1 aliphatic heterocycles. The molecule has 2 heterocycles. The minimum atomic E-state index is -0.397. The first-order valence-corrected chi connectivity index (χ1v) is 7.72. The predicted octanol–water partition coefficient (Wildman–Crippen LogP) is 1.41. The van der Waals surface area contributed by atoms with Crippen LogP contribution in [0.5, 0.6) is 0 Å². The number of Topliss-reactive ketones (excluding diaryl/α,β-unsaturated/α-hetero) is 1. The number of aromatic nitrogens is 2. The summed E-state index contributed by atoms with van der Waals surface area (Å²) in [5, 5.41) is 4.58. The van der Waals surface area contributed by atoms with Gasteiger partial charge in [-0.1, -0.05) is 11.6 Å². The molecule has 7 heteroatoms. The van der Waals surface area contributed by atoms with Crippen molar-refractivity contribution in [2.45, 2.75) is 12.6 Å². The molecule has 0 aromatic carbocycles. The molecule has 0 bridgehead atoms. The Morgan fingerprint density at radius 2 is 2.47 bits per heavy atom. The van der Waals surface area contributed by atoms with Crippen LogP contribution in [-0.2, 0) is 11.3 Å². The molecule has 1 aliphatic rings. The van der Waals surface area contributed by atoms with Gasteiger partial charge in [-0.05, 0) is 14.1 Å². The molecule has 1 atom stereocenters. The van der Waals surface area contributed by atoms with Crippen LogP contribution in [0.25, 0.3) is 0 Å². The molecule has 1 saturated heterocycles. The van der Waals surface area contributed by atoms with Gasteiger partial charge in [0, 0.05) is 18.1 Å². The maximum atomic E-state index is 12.4. The lowest BCUT2D eigenvalue weighted by atomic mass is 10.2. The summed E-state index contributed by atoms with van der Waals surface area (Å²) in [6.07, 6.45) is 1.13. The highest BCUT2D eigenvalue weighted by atomic mass is 35.5. The van der Waals surface area contributed by atoms with Gasteiger partial charge in [0.1, 0.15) is 11.8 Å². The van der Waals surface area contributed by atoms with E-state index in [-0.39, 0.29) is 5.78 Å². The van der Waals surface area contributed by atoms with Crippen molar-refractivity contribution in [2.75, 3.05) is 38.8 Å². The van der Waals surface area contributed by atoms with E-state index in [1.54, 1.807) is 16.4 Å². The van der Waals surface area contributed by atoms with Gasteiger partial charge in [0.15, 0.2) is 0 Å². The highest BCUT2D eigenvalue weighted by Crippen LogP contribution is 2.22. The van der Waals surface area contributed by atoms with Crippen molar-refractivity contribution in [3.05, 3.63) is 16.9 Å². The fourth-order valence-electron chi connectivity index (χ4n) is 1.86. The van der Waals surface area contributed by atoms with Crippen LogP contribution in [0.15, 0.2) is 6.20 Å². The standard InChI is InChI=1S/C12H18ClN3O2S/c1-15(2)3-4-16-11(9(13)7-14-16)12(17)10-8-19-6-5-18-10/h7,10H,3-6,8H2,1-2H3. The lowest BCUT2D eigenvalue weighted by Gasteiger charge is -2.21. The quantitative estimate of drug-likeness (QED) is 0.770. The highest BCUT2D eigenvalue weighted by molar-refractivity contribution is 7.99. The lowest BCUT2D eigenvalue weighted by molar-refractivity contribution is 0.0508. The third kappa shape index (κ3) is 3.72. The fraction of sp³-hybridized carbons (Fsp3) is 0.667. The predicted molar refractivity (Wildman–Crippen MR) is 77.2 cm³/mol. The first-order chi connectivity index (χ1) is 9.09. The van der Waals surface area contributed by atoms with E-state index >= 15 is 0 Å². The molecule has 0 aliphatic carbocycles. The molecule has 1 unspecified atom stereocenters. The lowest BCUT2D eigenvalue weighted by Crippen LogP contribution is -2.33. The van der Waals surface area contributed by atoms with Crippen LogP contribution in [0, 0.1) is 0 Å². The van der Waals surface area contributed by atoms with Gasteiger partial charge in [-0.2, -0.15) is 16.9 Å². The third-order valence-electron chi connectivity index (χ3n) is 2.90. The van der Waals surface area contributed by atoms with Crippen molar-refractivity contribution in [1.82, 2.24) is 14.7 Å². The van der Waals surface area contributed by atoms with E-state index in [9.17, 15) is 4.79 Å². The maximum Gasteiger partial charge on any atom is 0.211 e. The van der Waals surface area contributed by atoms with Crippen LogP contribution < -0.4 is 0 Å². The summed E-state index contributed by atoms with van der Waals surface area (Å²) in [4.78, 5) is 14.5. The molecule has 1 aromatic heterocycles. The molecular formula is C12H18ClN3O2S. The zero-order valence-corrected chi connectivity index (χ0v) is 12.7. The maximum absolute atomic E-state index is 12.4. The Balaban J connectivity index is 2.13. The molecule has 0 N–H and O–H groups in total. The van der Waals surface area contributed by atoms with Crippen molar-refractivity contribution in [1.29, 1.82) is 0 Å². The topological polar surface area (TPSA) is 47.4 Å². The molecular weight excluding hydrogens is 286 g/mol. The summed E-state index contributed by atoms with van der Waals surface area (Å²) >= 11 is 7.83. The van der Waals surface area contributed by atoms with E-state index < -0.39 is 6.10 Å². The van der Waals surface area contributed by atoms with Gasteiger partial charge in [-0.3, -0.25) is 9.48 Å². The van der Waals surface area contributed by atoms with Crippen molar-refractivity contribution in [3.8, 4) is 0 Å². The minimum Gasteiger partial charge on any atom is -0.368 e. The fourth-order valence-corrected chi connectivity index (χ4v) is 2.94. The summed E-state index contributed by atoms with van der Waals surface area (Å²) in [6.45, 7) is 2.06. The molecule has 0 spiro atoms. The van der Waals surface area contributed by atoms with Crippen LogP contribution in [0.1, 0.15) is 10.5 Å². The zero-order chi connectivity index (χ0) is 13.8. The molecule has 0 saturated carbocycles. The molecule has 0 amide bonds. The van der Waals surface area contributed by atoms with E-state index in [0.717, 1.165) is 12.3 Å². The first-order valence-electron chi connectivity index (χ1n) is 6.19. The number of carbonyl (C=O) groups is 1. The number of carbonyl (C=O) groups excluding carboxylic acids is 1. The number of nitrogens with zero attached hydrogens (tertiary/aromatic N) is 3. The number of likely N-dealkylation sites (N-methyl/N-ethyl adjacent to an activating group) is 1. The number of halogens is 1. The average Bonchev–Trinajstić information content (AvgIpc) is 2.78. The normalized spacial score (nSPS) is 19.9. The Bertz CT molecular complexity index is 444. The number of thioether (sulfide) groups is 1. The monoisotopic (exact) mass is 303 g/mol. The Morgan fingerprint density at radius 1 is 1.68 bits per heavy atom. The summed E-state index contributed by atoms with van der Waals surface area (Å²) in [5.41, 5.74) is 0.469. The SMILES string of the molecule is CN(C)CCn1ncc(Cl)c1C(=O)C1CSCCO1. The van der Waals surface area contributed by atoms with Crippen molar-refractivity contribution in [3.63, 3.8) is 0 Å². The van der Waals surface area contributed by atoms with E-state index in [1.807, 2.05) is 19.0 Å². The molecule has 5 nitrogen and oxygen atoms in total. The Kier molecular flexibility index (Phi) is 5.27. The second-order valence-electron chi connectivity index (χ2n) is 4.67. The molecule has 0 radical (unpaired) electrons. The number of ether oxygens (including phenoxy) is 1. The number of rotatable bonds is 5.